The first-order valence-corrected chi connectivity index (χ1v) is 7.09. The lowest BCUT2D eigenvalue weighted by atomic mass is 10.1. The number of halogens is 2. The van der Waals surface area contributed by atoms with E-state index in [0.717, 1.165) is 0 Å². The van der Waals surface area contributed by atoms with E-state index in [2.05, 4.69) is 4.98 Å². The number of piperidine rings is 1. The number of nitrogens with zero attached hydrogens (tertiary/aromatic N) is 2. The summed E-state index contributed by atoms with van der Waals surface area (Å²) < 4.78 is 16.1. The third-order valence-electron chi connectivity index (χ3n) is 3.73. The van der Waals surface area contributed by atoms with Crippen molar-refractivity contribution >= 4 is 40.8 Å². The molecule has 1 saturated heterocycles. The zero-order valence-electron chi connectivity index (χ0n) is 10.8. The van der Waals surface area contributed by atoms with Gasteiger partial charge in [0.15, 0.2) is 4.77 Å². The number of fused-ring (bicyclic) bond motifs is 1. The van der Waals surface area contributed by atoms with Crippen LogP contribution in [0.5, 0.6) is 0 Å². The molecule has 1 atom stereocenters. The zero-order chi connectivity index (χ0) is 14.4. The Morgan fingerprint density at radius 2 is 2.25 bits per heavy atom. The maximum absolute atomic E-state index is 13.7. The topological polar surface area (TPSA) is 41.0 Å². The summed E-state index contributed by atoms with van der Waals surface area (Å²) in [5, 5.41) is 0.0665. The van der Waals surface area contributed by atoms with Crippen LogP contribution >= 0.6 is 23.8 Å². The number of hydrogen-bond acceptors (Lipinski definition) is 2. The first-order chi connectivity index (χ1) is 9.47. The molecule has 4 nitrogen and oxygen atoms in total. The van der Waals surface area contributed by atoms with E-state index in [0.29, 0.717) is 35.2 Å². The van der Waals surface area contributed by atoms with Crippen LogP contribution in [-0.2, 0) is 4.79 Å². The second kappa shape index (κ2) is 4.86. The Labute approximate surface area is 125 Å². The van der Waals surface area contributed by atoms with E-state index in [-0.39, 0.29) is 17.0 Å². The molecule has 0 saturated carbocycles. The van der Waals surface area contributed by atoms with Crippen LogP contribution in [0, 0.1) is 10.6 Å². The standard InChI is InChI=1S/C13H13ClFN3OS/c1-17-6-7(2-3-12(17)19)18-11-5-9(15)8(14)4-10(11)16-13(18)20/h4-5,7H,2-3,6H2,1H3,(H,16,20). The number of nitrogens with one attached hydrogen (secondary N) is 1. The Morgan fingerprint density at radius 1 is 1.50 bits per heavy atom. The van der Waals surface area contributed by atoms with E-state index in [1.165, 1.54) is 12.1 Å². The van der Waals surface area contributed by atoms with E-state index < -0.39 is 5.82 Å². The van der Waals surface area contributed by atoms with E-state index >= 15 is 0 Å². The molecule has 0 radical (unpaired) electrons. The fourth-order valence-corrected chi connectivity index (χ4v) is 3.21. The summed E-state index contributed by atoms with van der Waals surface area (Å²) in [4.78, 5) is 16.3. The van der Waals surface area contributed by atoms with Gasteiger partial charge in [-0.1, -0.05) is 11.6 Å². The molecule has 0 bridgehead atoms. The molecule has 1 aromatic heterocycles. The molecular weight excluding hydrogens is 301 g/mol. The first-order valence-electron chi connectivity index (χ1n) is 6.30. The van der Waals surface area contributed by atoms with Crippen LogP contribution < -0.4 is 0 Å². The number of aromatic amines is 1. The van der Waals surface area contributed by atoms with Gasteiger partial charge in [0.25, 0.3) is 0 Å². The third-order valence-corrected chi connectivity index (χ3v) is 4.31. The van der Waals surface area contributed by atoms with Crippen LogP contribution in [-0.4, -0.2) is 34.0 Å². The minimum atomic E-state index is -0.470. The molecule has 1 amide bonds. The van der Waals surface area contributed by atoms with Gasteiger partial charge < -0.3 is 14.5 Å². The number of benzene rings is 1. The number of rotatable bonds is 1. The number of aromatic nitrogens is 2. The third kappa shape index (κ3) is 2.13. The highest BCUT2D eigenvalue weighted by Crippen LogP contribution is 2.29. The van der Waals surface area contributed by atoms with E-state index in [1.807, 2.05) is 4.57 Å². The van der Waals surface area contributed by atoms with E-state index in [4.69, 9.17) is 23.8 Å². The van der Waals surface area contributed by atoms with Crippen LogP contribution in [0.3, 0.4) is 0 Å². The largest absolute Gasteiger partial charge is 0.344 e. The number of likely N-dealkylation sites (N-methyl/N-ethyl adjacent to an activating group) is 1. The van der Waals surface area contributed by atoms with Crippen molar-refractivity contribution in [2.75, 3.05) is 13.6 Å². The van der Waals surface area contributed by atoms with Gasteiger partial charge in [-0.2, -0.15) is 0 Å². The first kappa shape index (κ1) is 13.6. The monoisotopic (exact) mass is 313 g/mol. The molecule has 2 aromatic rings. The Hall–Kier alpha value is -1.40. The van der Waals surface area contributed by atoms with Crippen LogP contribution in [0.25, 0.3) is 11.0 Å². The summed E-state index contributed by atoms with van der Waals surface area (Å²) in [7, 11) is 1.77. The van der Waals surface area contributed by atoms with Crippen LogP contribution in [0.4, 0.5) is 4.39 Å². The molecule has 1 fully saturated rings. The van der Waals surface area contributed by atoms with Gasteiger partial charge in [-0.3, -0.25) is 4.79 Å². The van der Waals surface area contributed by atoms with Crippen molar-refractivity contribution in [1.82, 2.24) is 14.5 Å². The average molecular weight is 314 g/mol. The molecule has 3 rings (SSSR count). The molecule has 0 spiro atoms. The molecule has 0 aliphatic carbocycles. The minimum Gasteiger partial charge on any atom is -0.344 e. The number of amides is 1. The Morgan fingerprint density at radius 3 is 2.95 bits per heavy atom. The summed E-state index contributed by atoms with van der Waals surface area (Å²) in [6.45, 7) is 0.574. The minimum absolute atomic E-state index is 0.0551. The molecule has 2 heterocycles. The molecule has 1 aliphatic heterocycles. The Bertz CT molecular complexity index is 754. The lowest BCUT2D eigenvalue weighted by Gasteiger charge is -2.30. The lowest BCUT2D eigenvalue weighted by molar-refractivity contribution is -0.132. The quantitative estimate of drug-likeness (QED) is 0.821. The van der Waals surface area contributed by atoms with Gasteiger partial charge >= 0.3 is 0 Å². The molecule has 106 valence electrons. The smallest absolute Gasteiger partial charge is 0.222 e. The number of carbonyl (C=O) groups excluding carboxylic acids is 1. The average Bonchev–Trinajstić information content (AvgIpc) is 2.69. The highest BCUT2D eigenvalue weighted by molar-refractivity contribution is 7.71. The van der Waals surface area contributed by atoms with Crippen molar-refractivity contribution in [3.05, 3.63) is 27.7 Å². The van der Waals surface area contributed by atoms with Gasteiger partial charge in [-0.05, 0) is 24.7 Å². The molecule has 1 N–H and O–H groups in total. The van der Waals surface area contributed by atoms with Crippen molar-refractivity contribution in [2.24, 2.45) is 0 Å². The van der Waals surface area contributed by atoms with Crippen LogP contribution in [0.15, 0.2) is 12.1 Å². The highest BCUT2D eigenvalue weighted by Gasteiger charge is 2.26. The second-order valence-electron chi connectivity index (χ2n) is 5.05. The lowest BCUT2D eigenvalue weighted by Crippen LogP contribution is -2.37. The number of carbonyl (C=O) groups is 1. The summed E-state index contributed by atoms with van der Waals surface area (Å²) >= 11 is 11.1. The maximum Gasteiger partial charge on any atom is 0.222 e. The van der Waals surface area contributed by atoms with Gasteiger partial charge in [0, 0.05) is 26.1 Å². The van der Waals surface area contributed by atoms with Crippen molar-refractivity contribution < 1.29 is 9.18 Å². The number of hydrogen-bond donors (Lipinski definition) is 1. The molecular formula is C13H13ClFN3OS. The van der Waals surface area contributed by atoms with E-state index in [1.54, 1.807) is 11.9 Å². The molecule has 1 aromatic carbocycles. The van der Waals surface area contributed by atoms with Crippen molar-refractivity contribution in [3.8, 4) is 0 Å². The zero-order valence-corrected chi connectivity index (χ0v) is 12.4. The van der Waals surface area contributed by atoms with E-state index in [9.17, 15) is 9.18 Å². The maximum atomic E-state index is 13.7. The fourth-order valence-electron chi connectivity index (χ4n) is 2.68. The van der Waals surface area contributed by atoms with Gasteiger partial charge in [0.2, 0.25) is 5.91 Å². The van der Waals surface area contributed by atoms with Crippen molar-refractivity contribution in [3.63, 3.8) is 0 Å². The fraction of sp³-hybridized carbons (Fsp3) is 0.385. The number of H-pyrrole nitrogens is 1. The molecule has 20 heavy (non-hydrogen) atoms. The predicted molar refractivity (Wildman–Crippen MR) is 78.0 cm³/mol. The summed E-state index contributed by atoms with van der Waals surface area (Å²) in [5.74, 6) is -0.344. The van der Waals surface area contributed by atoms with Gasteiger partial charge in [-0.15, -0.1) is 0 Å². The van der Waals surface area contributed by atoms with Gasteiger partial charge in [0.05, 0.1) is 22.1 Å². The Balaban J connectivity index is 2.12. The summed E-state index contributed by atoms with van der Waals surface area (Å²) in [5.41, 5.74) is 1.39. The normalized spacial score (nSPS) is 19.9. The molecule has 1 unspecified atom stereocenters. The summed E-state index contributed by atoms with van der Waals surface area (Å²) in [6, 6.07) is 2.98. The number of likely N-dealkylation sites (tertiary alicyclic amines) is 1. The molecule has 7 heteroatoms. The van der Waals surface area contributed by atoms with Crippen LogP contribution in [0.2, 0.25) is 5.02 Å². The van der Waals surface area contributed by atoms with Crippen molar-refractivity contribution in [1.29, 1.82) is 0 Å². The number of imidazole rings is 1. The Kier molecular flexibility index (Phi) is 3.30. The SMILES string of the molecule is CN1CC(n2c(=S)[nH]c3cc(Cl)c(F)cc32)CCC1=O. The van der Waals surface area contributed by atoms with Gasteiger partial charge in [0.1, 0.15) is 5.82 Å². The van der Waals surface area contributed by atoms with Crippen LogP contribution in [0.1, 0.15) is 18.9 Å². The van der Waals surface area contributed by atoms with Gasteiger partial charge in [-0.25, -0.2) is 4.39 Å². The summed E-state index contributed by atoms with van der Waals surface area (Å²) in [6.07, 6.45) is 1.18. The molecule has 1 aliphatic rings. The second-order valence-corrected chi connectivity index (χ2v) is 5.84. The van der Waals surface area contributed by atoms with Crippen molar-refractivity contribution in [2.45, 2.75) is 18.9 Å². The highest BCUT2D eigenvalue weighted by atomic mass is 35.5. The predicted octanol–water partition coefficient (Wildman–Crippen LogP) is 3.28.